The Morgan fingerprint density at radius 2 is 1.92 bits per heavy atom. The van der Waals surface area contributed by atoms with E-state index in [1.54, 1.807) is 6.07 Å². The van der Waals surface area contributed by atoms with Crippen LogP contribution in [0, 0.1) is 0 Å². The fraction of sp³-hybridized carbons (Fsp3) is 0.200. The number of hydrogen-bond donors (Lipinski definition) is 2. The molecule has 0 saturated carbocycles. The summed E-state index contributed by atoms with van der Waals surface area (Å²) in [6.45, 7) is 0. The van der Waals surface area contributed by atoms with Crippen LogP contribution in [0.25, 0.3) is 0 Å². The molecule has 0 aromatic carbocycles. The zero-order valence-electron chi connectivity index (χ0n) is 6.58. The average Bonchev–Trinajstić information content (AvgIpc) is 2.03. The predicted molar refractivity (Wildman–Crippen MR) is 46.4 cm³/mol. The first-order chi connectivity index (χ1) is 5.52. The molecular weight excluding hydrogens is 177 g/mol. The third kappa shape index (κ3) is 2.01. The molecule has 4 N–H and O–H groups in total. The van der Waals surface area contributed by atoms with Crippen molar-refractivity contribution in [3.05, 3.63) is 18.5 Å². The van der Waals surface area contributed by atoms with Crippen molar-refractivity contribution >= 4 is 13.5 Å². The summed E-state index contributed by atoms with van der Waals surface area (Å²) < 4.78 is 12.3. The number of hydrogen-bond acceptors (Lipinski definition) is 3. The molecule has 0 radical (unpaired) electrons. The Morgan fingerprint density at radius 3 is 2.33 bits per heavy atom. The van der Waals surface area contributed by atoms with Crippen LogP contribution in [0.5, 0.6) is 0 Å². The maximum Gasteiger partial charge on any atom is 0.302 e. The lowest BCUT2D eigenvalue weighted by Gasteiger charge is -2.19. The number of nitrogens with zero attached hydrogens (tertiary/aromatic N) is 3. The lowest BCUT2D eigenvalue weighted by atomic mass is 10.7. The molecule has 0 unspecified atom stereocenters. The highest BCUT2D eigenvalue weighted by atomic mass is 31.2. The molecule has 0 aliphatic rings. The standard InChI is InChI=1S/C5H10N5OP/c1-10(12(6,7)11)5-8-3-2-4-9-5/h2-4H,1H3,(H4,6,7,11). The second-order valence-corrected chi connectivity index (χ2v) is 4.19. The number of nitrogens with two attached hydrogens (primary N) is 2. The first-order valence-electron chi connectivity index (χ1n) is 3.20. The van der Waals surface area contributed by atoms with Crippen LogP contribution < -0.4 is 15.7 Å². The molecule has 1 rings (SSSR count). The zero-order chi connectivity index (χ0) is 9.19. The van der Waals surface area contributed by atoms with Crippen molar-refractivity contribution in [2.24, 2.45) is 11.0 Å². The van der Waals surface area contributed by atoms with Crippen molar-refractivity contribution in [2.45, 2.75) is 0 Å². The van der Waals surface area contributed by atoms with Crippen molar-refractivity contribution < 1.29 is 4.57 Å². The molecule has 0 saturated heterocycles. The van der Waals surface area contributed by atoms with Gasteiger partial charge in [-0.15, -0.1) is 0 Å². The average molecular weight is 187 g/mol. The highest BCUT2D eigenvalue weighted by Crippen LogP contribution is 2.32. The topological polar surface area (TPSA) is 98.1 Å². The molecular formula is C5H10N5OP. The molecule has 6 nitrogen and oxygen atoms in total. The van der Waals surface area contributed by atoms with Crippen LogP contribution in [0.15, 0.2) is 18.5 Å². The molecule has 0 aliphatic carbocycles. The lowest BCUT2D eigenvalue weighted by molar-refractivity contribution is 0.574. The van der Waals surface area contributed by atoms with Gasteiger partial charge in [-0.25, -0.2) is 9.97 Å². The summed E-state index contributed by atoms with van der Waals surface area (Å²) in [5.74, 6) is 0.255. The van der Waals surface area contributed by atoms with E-state index in [0.29, 0.717) is 0 Å². The van der Waals surface area contributed by atoms with Gasteiger partial charge in [0.2, 0.25) is 5.95 Å². The highest BCUT2D eigenvalue weighted by Gasteiger charge is 2.18. The van der Waals surface area contributed by atoms with Gasteiger partial charge in [0.1, 0.15) is 0 Å². The molecule has 12 heavy (non-hydrogen) atoms. The van der Waals surface area contributed by atoms with E-state index in [-0.39, 0.29) is 5.95 Å². The lowest BCUT2D eigenvalue weighted by Crippen LogP contribution is -2.25. The Morgan fingerprint density at radius 1 is 1.42 bits per heavy atom. The minimum Gasteiger partial charge on any atom is -0.271 e. The monoisotopic (exact) mass is 187 g/mol. The van der Waals surface area contributed by atoms with Gasteiger partial charge in [0, 0.05) is 19.4 Å². The number of anilines is 1. The van der Waals surface area contributed by atoms with Gasteiger partial charge in [0.15, 0.2) is 0 Å². The van der Waals surface area contributed by atoms with Gasteiger partial charge in [-0.1, -0.05) is 0 Å². The van der Waals surface area contributed by atoms with Gasteiger partial charge in [-0.3, -0.25) is 20.2 Å². The minimum absolute atomic E-state index is 0.255. The van der Waals surface area contributed by atoms with Crippen LogP contribution in [0.2, 0.25) is 0 Å². The molecule has 0 atom stereocenters. The van der Waals surface area contributed by atoms with Gasteiger partial charge in [-0.2, -0.15) is 0 Å². The molecule has 1 heterocycles. The Bertz CT molecular complexity index is 296. The Labute approximate surface area is 70.1 Å². The van der Waals surface area contributed by atoms with E-state index >= 15 is 0 Å². The second kappa shape index (κ2) is 3.18. The van der Waals surface area contributed by atoms with E-state index in [2.05, 4.69) is 9.97 Å². The van der Waals surface area contributed by atoms with Crippen LogP contribution in [0.1, 0.15) is 0 Å². The molecule has 7 heteroatoms. The fourth-order valence-electron chi connectivity index (χ4n) is 0.598. The Hall–Kier alpha value is -0.970. The van der Waals surface area contributed by atoms with E-state index < -0.39 is 7.59 Å². The number of aromatic nitrogens is 2. The summed E-state index contributed by atoms with van der Waals surface area (Å²) in [7, 11) is -1.79. The van der Waals surface area contributed by atoms with Gasteiger partial charge < -0.3 is 0 Å². The molecule has 0 bridgehead atoms. The number of rotatable bonds is 2. The minimum atomic E-state index is -3.27. The first kappa shape index (κ1) is 9.12. The van der Waals surface area contributed by atoms with Crippen molar-refractivity contribution in [1.82, 2.24) is 9.97 Å². The third-order valence-electron chi connectivity index (χ3n) is 1.31. The predicted octanol–water partition coefficient (Wildman–Crippen LogP) is -0.0617. The van der Waals surface area contributed by atoms with Gasteiger partial charge in [0.05, 0.1) is 0 Å². The van der Waals surface area contributed by atoms with Gasteiger partial charge in [-0.05, 0) is 6.07 Å². The molecule has 0 amide bonds. The molecule has 0 spiro atoms. The van der Waals surface area contributed by atoms with Gasteiger partial charge in [0.25, 0.3) is 0 Å². The zero-order valence-corrected chi connectivity index (χ0v) is 7.48. The van der Waals surface area contributed by atoms with E-state index in [0.717, 1.165) is 4.67 Å². The molecule has 66 valence electrons. The molecule has 0 fully saturated rings. The third-order valence-corrected chi connectivity index (χ3v) is 2.43. The Kier molecular flexibility index (Phi) is 2.42. The normalized spacial score (nSPS) is 11.2. The highest BCUT2D eigenvalue weighted by molar-refractivity contribution is 7.60. The molecule has 1 aromatic rings. The summed E-state index contributed by atoms with van der Waals surface area (Å²) in [5, 5.41) is 0. The van der Waals surface area contributed by atoms with E-state index in [9.17, 15) is 4.57 Å². The molecule has 0 aliphatic heterocycles. The summed E-state index contributed by atoms with van der Waals surface area (Å²) in [5.41, 5.74) is 10.4. The van der Waals surface area contributed by atoms with Crippen molar-refractivity contribution in [3.8, 4) is 0 Å². The summed E-state index contributed by atoms with van der Waals surface area (Å²) in [6.07, 6.45) is 3.04. The van der Waals surface area contributed by atoms with Crippen LogP contribution in [-0.4, -0.2) is 17.0 Å². The smallest absolute Gasteiger partial charge is 0.271 e. The van der Waals surface area contributed by atoms with Crippen molar-refractivity contribution in [2.75, 3.05) is 11.7 Å². The van der Waals surface area contributed by atoms with Crippen LogP contribution >= 0.6 is 7.59 Å². The second-order valence-electron chi connectivity index (χ2n) is 2.24. The summed E-state index contributed by atoms with van der Waals surface area (Å²) in [6, 6.07) is 1.65. The largest absolute Gasteiger partial charge is 0.302 e. The van der Waals surface area contributed by atoms with Crippen LogP contribution in [0.4, 0.5) is 5.95 Å². The SMILES string of the molecule is CN(c1ncccn1)P(N)(N)=O. The molecule has 1 aromatic heterocycles. The van der Waals surface area contributed by atoms with Crippen LogP contribution in [-0.2, 0) is 4.57 Å². The summed E-state index contributed by atoms with van der Waals surface area (Å²) in [4.78, 5) is 7.66. The Balaban J connectivity index is 2.94. The van der Waals surface area contributed by atoms with Crippen molar-refractivity contribution in [1.29, 1.82) is 0 Å². The maximum atomic E-state index is 11.1. The first-order valence-corrected chi connectivity index (χ1v) is 5.00. The van der Waals surface area contributed by atoms with Crippen LogP contribution in [0.3, 0.4) is 0 Å². The van der Waals surface area contributed by atoms with Crippen molar-refractivity contribution in [3.63, 3.8) is 0 Å². The quantitative estimate of drug-likeness (QED) is 0.629. The van der Waals surface area contributed by atoms with E-state index in [1.165, 1.54) is 19.4 Å². The van der Waals surface area contributed by atoms with E-state index in [1.807, 2.05) is 0 Å². The maximum absolute atomic E-state index is 11.1. The fourth-order valence-corrected chi connectivity index (χ4v) is 0.981. The summed E-state index contributed by atoms with van der Waals surface area (Å²) >= 11 is 0. The van der Waals surface area contributed by atoms with Gasteiger partial charge >= 0.3 is 7.59 Å². The van der Waals surface area contributed by atoms with E-state index in [4.69, 9.17) is 11.0 Å².